The van der Waals surface area contributed by atoms with Gasteiger partial charge < -0.3 is 0 Å². The second kappa shape index (κ2) is 24.5. The number of unbranched alkanes of at least 4 members (excludes halogenated alkanes) is 17. The number of thiophene rings is 1. The van der Waals surface area contributed by atoms with Gasteiger partial charge in [-0.2, -0.15) is 0 Å². The predicted molar refractivity (Wildman–Crippen MR) is 198 cm³/mol. The predicted octanol–water partition coefficient (Wildman–Crippen LogP) is 11.6. The van der Waals surface area contributed by atoms with E-state index in [1.165, 1.54) is 62.7 Å². The van der Waals surface area contributed by atoms with Crippen LogP contribution in [0.1, 0.15) is 176 Å². The minimum Gasteiger partial charge on any atom is -0.0654 e. The summed E-state index contributed by atoms with van der Waals surface area (Å²) in [5.74, 6) is 0.156. The minimum absolute atomic E-state index is 0.0693. The summed E-state index contributed by atoms with van der Waals surface area (Å²) in [6.45, 7) is 11.1. The number of hydrogen-bond donors (Lipinski definition) is 0. The Hall–Kier alpha value is 0.399. The van der Waals surface area contributed by atoms with Gasteiger partial charge in [-0.25, -0.2) is 0 Å². The monoisotopic (exact) mass is 782 g/mol. The van der Waals surface area contributed by atoms with Crippen molar-refractivity contribution in [1.82, 2.24) is 0 Å². The van der Waals surface area contributed by atoms with E-state index in [-0.39, 0.29) is 16.4 Å². The van der Waals surface area contributed by atoms with Crippen LogP contribution in [0.2, 0.25) is 13.3 Å². The maximum absolute atomic E-state index is 14.3. The topological polar surface area (TPSA) is 68.3 Å². The number of rotatable bonds is 30. The summed E-state index contributed by atoms with van der Waals surface area (Å²) in [7, 11) is -7.35. The van der Waals surface area contributed by atoms with Crippen molar-refractivity contribution in [2.45, 2.75) is 199 Å². The van der Waals surface area contributed by atoms with Gasteiger partial charge >= 0.3 is 265 Å². The van der Waals surface area contributed by atoms with Crippen molar-refractivity contribution in [1.29, 1.82) is 0 Å². The molecular formula is C36H70O4S3Sn. The van der Waals surface area contributed by atoms with Crippen LogP contribution < -0.4 is 2.89 Å². The van der Waals surface area contributed by atoms with Gasteiger partial charge in [-0.1, -0.05) is 20.3 Å². The van der Waals surface area contributed by atoms with Crippen molar-refractivity contribution in [2.24, 2.45) is 0 Å². The second-order valence-electron chi connectivity index (χ2n) is 13.4. The average molecular weight is 782 g/mol. The van der Waals surface area contributed by atoms with Crippen molar-refractivity contribution in [3.63, 3.8) is 0 Å². The van der Waals surface area contributed by atoms with Gasteiger partial charge in [0.2, 0.25) is 0 Å². The average Bonchev–Trinajstić information content (AvgIpc) is 3.48. The van der Waals surface area contributed by atoms with Crippen LogP contribution in [0.4, 0.5) is 0 Å². The normalized spacial score (nSPS) is 12.8. The van der Waals surface area contributed by atoms with Crippen molar-refractivity contribution in [3.8, 4) is 0 Å². The fraction of sp³-hybridized carbons (Fsp3) is 0.889. The van der Waals surface area contributed by atoms with Crippen LogP contribution in [-0.2, 0) is 19.7 Å². The molecule has 0 saturated heterocycles. The molecule has 0 bridgehead atoms. The van der Waals surface area contributed by atoms with E-state index in [0.29, 0.717) is 17.7 Å². The summed E-state index contributed by atoms with van der Waals surface area (Å²) in [6, 6.07) is 0. The molecule has 8 heteroatoms. The van der Waals surface area contributed by atoms with Crippen LogP contribution in [0.25, 0.3) is 0 Å². The molecule has 0 spiro atoms. The fourth-order valence-corrected chi connectivity index (χ4v) is 34.5. The van der Waals surface area contributed by atoms with Crippen molar-refractivity contribution < 1.29 is 16.8 Å². The minimum atomic E-state index is -3.69. The summed E-state index contributed by atoms with van der Waals surface area (Å²) in [5, 5.41) is 1.77. The van der Waals surface area contributed by atoms with Crippen molar-refractivity contribution in [2.75, 3.05) is 11.5 Å². The molecule has 260 valence electrons. The van der Waals surface area contributed by atoms with Crippen LogP contribution in [0.5, 0.6) is 0 Å². The Morgan fingerprint density at radius 3 is 1.20 bits per heavy atom. The van der Waals surface area contributed by atoms with E-state index in [4.69, 9.17) is 0 Å². The van der Waals surface area contributed by atoms with Gasteiger partial charge in [-0.15, -0.1) is 0 Å². The summed E-state index contributed by atoms with van der Waals surface area (Å²) in [4.78, 5) is 0.467. The SMILES string of the molecule is CCCCCCCCCCS(=O)(=O)c1cs[c]([Sn]([CH2]CCC)([CH2]CCC)[CH2]CCC)c1S(=O)(=O)CCCCCCCCCC. The summed E-state index contributed by atoms with van der Waals surface area (Å²) in [6.07, 6.45) is 24.1. The van der Waals surface area contributed by atoms with Gasteiger partial charge in [0, 0.05) is 0 Å². The quantitative estimate of drug-likeness (QED) is 0.0576. The van der Waals surface area contributed by atoms with E-state index in [1.807, 2.05) is 0 Å². The Balaban J connectivity index is 3.34. The first-order chi connectivity index (χ1) is 21.2. The molecule has 0 aliphatic heterocycles. The van der Waals surface area contributed by atoms with E-state index in [1.54, 1.807) is 5.38 Å². The van der Waals surface area contributed by atoms with Gasteiger partial charge in [0.05, 0.1) is 0 Å². The molecule has 1 heterocycles. The Kier molecular flexibility index (Phi) is 23.6. The van der Waals surface area contributed by atoms with Gasteiger partial charge in [-0.3, -0.25) is 0 Å². The molecule has 0 fully saturated rings. The first-order valence-electron chi connectivity index (χ1n) is 18.7. The van der Waals surface area contributed by atoms with E-state index < -0.39 is 38.1 Å². The summed E-state index contributed by atoms with van der Waals surface area (Å²) in [5.41, 5.74) is 0. The van der Waals surface area contributed by atoms with Crippen molar-refractivity contribution in [3.05, 3.63) is 5.38 Å². The zero-order chi connectivity index (χ0) is 32.7. The molecule has 4 nitrogen and oxygen atoms in total. The molecule has 0 amide bonds. The van der Waals surface area contributed by atoms with Crippen LogP contribution in [0, 0.1) is 0 Å². The molecule has 0 aliphatic carbocycles. The van der Waals surface area contributed by atoms with Gasteiger partial charge in [0.1, 0.15) is 0 Å². The molecular weight excluding hydrogens is 711 g/mol. The van der Waals surface area contributed by atoms with Gasteiger partial charge in [-0.05, 0) is 0 Å². The Bertz CT molecular complexity index is 1040. The van der Waals surface area contributed by atoms with Crippen LogP contribution in [0.15, 0.2) is 15.2 Å². The first kappa shape index (κ1) is 42.4. The third kappa shape index (κ3) is 15.5. The molecule has 0 N–H and O–H groups in total. The van der Waals surface area contributed by atoms with Crippen LogP contribution >= 0.6 is 11.3 Å². The van der Waals surface area contributed by atoms with Crippen LogP contribution in [0.3, 0.4) is 0 Å². The van der Waals surface area contributed by atoms with E-state index in [9.17, 15) is 16.8 Å². The van der Waals surface area contributed by atoms with E-state index in [0.717, 1.165) is 93.3 Å². The summed E-state index contributed by atoms with van der Waals surface area (Å²) < 4.78 is 60.9. The smallest absolute Gasteiger partial charge is 0.0654 e. The Morgan fingerprint density at radius 2 is 0.818 bits per heavy atom. The molecule has 44 heavy (non-hydrogen) atoms. The fourth-order valence-electron chi connectivity index (χ4n) is 6.53. The zero-order valence-corrected chi connectivity index (χ0v) is 34.8. The number of hydrogen-bond acceptors (Lipinski definition) is 5. The van der Waals surface area contributed by atoms with Gasteiger partial charge in [0.15, 0.2) is 0 Å². The zero-order valence-electron chi connectivity index (χ0n) is 29.5. The van der Waals surface area contributed by atoms with E-state index in [2.05, 4.69) is 34.6 Å². The molecule has 1 rings (SSSR count). The molecule has 0 radical (unpaired) electrons. The standard InChI is InChI=1S/C24H43O4S3.3C4H9.Sn/c1-3-5-7-9-11-13-15-17-19-30(25,26)23-21-29-22-24(23)31(27,28)20-18-16-14-12-10-8-6-4-2;3*1-3-4-2;/h21H,3-20H2,1-2H3;3*1,3-4H2,2H3;. The van der Waals surface area contributed by atoms with Crippen LogP contribution in [-0.4, -0.2) is 46.7 Å². The maximum atomic E-state index is 14.3. The molecule has 0 aliphatic rings. The van der Waals surface area contributed by atoms with E-state index >= 15 is 0 Å². The third-order valence-corrected chi connectivity index (χ3v) is 33.4. The summed E-state index contributed by atoms with van der Waals surface area (Å²) >= 11 is -1.67. The van der Waals surface area contributed by atoms with Crippen molar-refractivity contribution >= 4 is 52.3 Å². The molecule has 0 unspecified atom stereocenters. The Morgan fingerprint density at radius 1 is 0.477 bits per heavy atom. The second-order valence-corrected chi connectivity index (χ2v) is 32.5. The van der Waals surface area contributed by atoms with Gasteiger partial charge in [0.25, 0.3) is 0 Å². The first-order valence-corrected chi connectivity index (χ1v) is 30.4. The molecule has 0 atom stereocenters. The number of sulfone groups is 2. The molecule has 0 aromatic carbocycles. The molecule has 0 saturated carbocycles. The molecule has 1 aromatic heterocycles. The molecule has 1 aromatic rings. The Labute approximate surface area is 283 Å². The third-order valence-electron chi connectivity index (χ3n) is 9.40.